The number of hydrogen-bond donors (Lipinski definition) is 2. The molecule has 0 aliphatic heterocycles. The zero-order chi connectivity index (χ0) is 18.0. The first-order valence-corrected chi connectivity index (χ1v) is 7.81. The highest BCUT2D eigenvalue weighted by molar-refractivity contribution is 6.17. The maximum absolute atomic E-state index is 13.4. The number of aryl methyl sites for hydroxylation is 1. The van der Waals surface area contributed by atoms with Crippen LogP contribution in [0.1, 0.15) is 28.6 Å². The van der Waals surface area contributed by atoms with Crippen molar-refractivity contribution in [2.45, 2.75) is 13.3 Å². The van der Waals surface area contributed by atoms with Gasteiger partial charge in [0.15, 0.2) is 5.78 Å². The number of hydrogen-bond acceptors (Lipinski definition) is 4. The highest BCUT2D eigenvalue weighted by Crippen LogP contribution is 2.29. The lowest BCUT2D eigenvalue weighted by atomic mass is 9.99. The molecule has 0 bridgehead atoms. The van der Waals surface area contributed by atoms with Crippen molar-refractivity contribution in [3.63, 3.8) is 0 Å². The van der Waals surface area contributed by atoms with E-state index in [1.165, 1.54) is 12.1 Å². The molecular formula is C19H16FNO4. The molecule has 0 unspecified atom stereocenters. The number of fused-ring (bicyclic) bond motifs is 1. The third-order valence-corrected chi connectivity index (χ3v) is 3.86. The summed E-state index contributed by atoms with van der Waals surface area (Å²) in [6.45, 7) is 1.66. The molecule has 0 atom stereocenters. The van der Waals surface area contributed by atoms with E-state index in [4.69, 9.17) is 9.52 Å². The Morgan fingerprint density at radius 3 is 2.52 bits per heavy atom. The summed E-state index contributed by atoms with van der Waals surface area (Å²) in [5.41, 5.74) is 1.83. The van der Waals surface area contributed by atoms with Gasteiger partial charge in [-0.25, -0.2) is 4.39 Å². The van der Waals surface area contributed by atoms with Crippen LogP contribution in [0.25, 0.3) is 11.0 Å². The number of carboxylic acid groups (broad SMARTS) is 1. The van der Waals surface area contributed by atoms with Gasteiger partial charge in [-0.05, 0) is 36.4 Å². The lowest BCUT2D eigenvalue weighted by molar-refractivity contribution is -0.134. The van der Waals surface area contributed by atoms with Crippen LogP contribution in [0.5, 0.6) is 0 Å². The van der Waals surface area contributed by atoms with Crippen molar-refractivity contribution in [1.29, 1.82) is 0 Å². The maximum Gasteiger partial charge on any atom is 0.322 e. The van der Waals surface area contributed by atoms with E-state index >= 15 is 0 Å². The van der Waals surface area contributed by atoms with Gasteiger partial charge < -0.3 is 14.8 Å². The lowest BCUT2D eigenvalue weighted by Gasteiger charge is -2.05. The Morgan fingerprint density at radius 2 is 1.88 bits per heavy atom. The van der Waals surface area contributed by atoms with Crippen LogP contribution in [-0.2, 0) is 11.2 Å². The number of furan rings is 1. The SMILES string of the molecule is CCc1oc2cc(F)ccc2c1C(=O)c1ccc(NCC(=O)O)cc1. The van der Waals surface area contributed by atoms with Crippen molar-refractivity contribution in [2.75, 3.05) is 11.9 Å². The van der Waals surface area contributed by atoms with Gasteiger partial charge in [0.05, 0.1) is 5.56 Å². The number of anilines is 1. The van der Waals surface area contributed by atoms with Crippen LogP contribution in [0, 0.1) is 5.82 Å². The lowest BCUT2D eigenvalue weighted by Crippen LogP contribution is -2.12. The summed E-state index contributed by atoms with van der Waals surface area (Å²) >= 11 is 0. The smallest absolute Gasteiger partial charge is 0.322 e. The molecule has 0 aliphatic carbocycles. The Balaban J connectivity index is 1.95. The Bertz CT molecular complexity index is 944. The van der Waals surface area contributed by atoms with Crippen LogP contribution in [-0.4, -0.2) is 23.4 Å². The molecule has 128 valence electrons. The van der Waals surface area contributed by atoms with Crippen LogP contribution >= 0.6 is 0 Å². The number of ketones is 1. The molecule has 25 heavy (non-hydrogen) atoms. The highest BCUT2D eigenvalue weighted by atomic mass is 19.1. The number of rotatable bonds is 6. The van der Waals surface area contributed by atoms with Crippen molar-refractivity contribution in [1.82, 2.24) is 0 Å². The first kappa shape index (κ1) is 16.7. The van der Waals surface area contributed by atoms with Gasteiger partial charge in [0.25, 0.3) is 0 Å². The monoisotopic (exact) mass is 341 g/mol. The first-order chi connectivity index (χ1) is 12.0. The van der Waals surface area contributed by atoms with E-state index in [1.54, 1.807) is 30.3 Å². The summed E-state index contributed by atoms with van der Waals surface area (Å²) in [5, 5.41) is 12.0. The molecule has 0 saturated carbocycles. The molecule has 1 aromatic heterocycles. The fourth-order valence-corrected chi connectivity index (χ4v) is 2.68. The van der Waals surface area contributed by atoms with Gasteiger partial charge >= 0.3 is 5.97 Å². The van der Waals surface area contributed by atoms with Gasteiger partial charge in [-0.3, -0.25) is 9.59 Å². The number of benzene rings is 2. The molecule has 0 fully saturated rings. The third-order valence-electron chi connectivity index (χ3n) is 3.86. The topological polar surface area (TPSA) is 79.5 Å². The molecule has 3 rings (SSSR count). The van der Waals surface area contributed by atoms with Crippen molar-refractivity contribution >= 4 is 28.4 Å². The molecule has 0 spiro atoms. The summed E-state index contributed by atoms with van der Waals surface area (Å²) in [5.74, 6) is -1.09. The molecule has 0 aliphatic rings. The molecule has 2 N–H and O–H groups in total. The average Bonchev–Trinajstić information content (AvgIpc) is 2.97. The Morgan fingerprint density at radius 1 is 1.16 bits per heavy atom. The summed E-state index contributed by atoms with van der Waals surface area (Å²) < 4.78 is 19.0. The van der Waals surface area contributed by atoms with E-state index in [2.05, 4.69) is 5.32 Å². The van der Waals surface area contributed by atoms with Crippen molar-refractivity contribution in [3.05, 3.63) is 65.2 Å². The quantitative estimate of drug-likeness (QED) is 0.666. The minimum atomic E-state index is -0.968. The number of aliphatic carboxylic acids is 1. The fourth-order valence-electron chi connectivity index (χ4n) is 2.68. The summed E-state index contributed by atoms with van der Waals surface area (Å²) in [7, 11) is 0. The van der Waals surface area contributed by atoms with Gasteiger partial charge in [0, 0.05) is 29.1 Å². The molecule has 6 heteroatoms. The van der Waals surface area contributed by atoms with Crippen LogP contribution < -0.4 is 5.32 Å². The van der Waals surface area contributed by atoms with Gasteiger partial charge in [-0.1, -0.05) is 6.92 Å². The largest absolute Gasteiger partial charge is 0.480 e. The summed E-state index contributed by atoms with van der Waals surface area (Å²) in [6, 6.07) is 10.6. The van der Waals surface area contributed by atoms with Gasteiger partial charge in [0.2, 0.25) is 0 Å². The fraction of sp³-hybridized carbons (Fsp3) is 0.158. The zero-order valence-electron chi connectivity index (χ0n) is 13.5. The number of halogens is 1. The van der Waals surface area contributed by atoms with Crippen LogP contribution in [0.3, 0.4) is 0 Å². The first-order valence-electron chi connectivity index (χ1n) is 7.81. The highest BCUT2D eigenvalue weighted by Gasteiger charge is 2.21. The van der Waals surface area contributed by atoms with Gasteiger partial charge in [-0.2, -0.15) is 0 Å². The van der Waals surface area contributed by atoms with Crippen molar-refractivity contribution in [3.8, 4) is 0 Å². The van der Waals surface area contributed by atoms with Gasteiger partial charge in [-0.15, -0.1) is 0 Å². The van der Waals surface area contributed by atoms with E-state index in [0.717, 1.165) is 0 Å². The average molecular weight is 341 g/mol. The molecule has 0 amide bonds. The van der Waals surface area contributed by atoms with E-state index in [9.17, 15) is 14.0 Å². The second-order valence-electron chi connectivity index (χ2n) is 5.55. The molecular weight excluding hydrogens is 325 g/mol. The number of nitrogens with one attached hydrogen (secondary N) is 1. The molecule has 3 aromatic rings. The summed E-state index contributed by atoms with van der Waals surface area (Å²) in [4.78, 5) is 23.5. The Labute approximate surface area is 143 Å². The van der Waals surface area contributed by atoms with E-state index in [-0.39, 0.29) is 12.3 Å². The zero-order valence-corrected chi connectivity index (χ0v) is 13.5. The summed E-state index contributed by atoms with van der Waals surface area (Å²) in [6.07, 6.45) is 0.510. The van der Waals surface area contributed by atoms with E-state index < -0.39 is 11.8 Å². The Kier molecular flexibility index (Phi) is 4.52. The molecule has 0 saturated heterocycles. The number of carboxylic acids is 1. The minimum absolute atomic E-state index is 0.203. The van der Waals surface area contributed by atoms with Crippen molar-refractivity contribution < 1.29 is 23.5 Å². The van der Waals surface area contributed by atoms with Gasteiger partial charge in [0.1, 0.15) is 23.7 Å². The molecule has 1 heterocycles. The van der Waals surface area contributed by atoms with E-state index in [0.29, 0.717) is 40.0 Å². The second kappa shape index (κ2) is 6.76. The van der Waals surface area contributed by atoms with Crippen LogP contribution in [0.2, 0.25) is 0 Å². The standard InChI is InChI=1S/C19H16FNO4/c1-2-15-18(14-8-5-12(20)9-16(14)25-15)19(24)11-3-6-13(7-4-11)21-10-17(22)23/h3-9,21H,2,10H2,1H3,(H,22,23). The molecule has 5 nitrogen and oxygen atoms in total. The molecule has 0 radical (unpaired) electrons. The normalized spacial score (nSPS) is 10.8. The van der Waals surface area contributed by atoms with Crippen LogP contribution in [0.15, 0.2) is 46.9 Å². The number of carbonyl (C=O) groups is 2. The third kappa shape index (κ3) is 3.38. The van der Waals surface area contributed by atoms with Crippen LogP contribution in [0.4, 0.5) is 10.1 Å². The van der Waals surface area contributed by atoms with E-state index in [1.807, 2.05) is 6.92 Å². The minimum Gasteiger partial charge on any atom is -0.480 e. The maximum atomic E-state index is 13.4. The number of carbonyl (C=O) groups excluding carboxylic acids is 1. The predicted molar refractivity (Wildman–Crippen MR) is 91.6 cm³/mol. The molecule has 2 aromatic carbocycles. The Hall–Kier alpha value is -3.15. The predicted octanol–water partition coefficient (Wildman–Crippen LogP) is 3.86. The van der Waals surface area contributed by atoms with Crippen molar-refractivity contribution in [2.24, 2.45) is 0 Å². The second-order valence-corrected chi connectivity index (χ2v) is 5.55.